The van der Waals surface area contributed by atoms with E-state index in [0.717, 1.165) is 61.9 Å². The maximum atomic E-state index is 13.8. The van der Waals surface area contributed by atoms with Gasteiger partial charge < -0.3 is 14.4 Å². The van der Waals surface area contributed by atoms with Crippen molar-refractivity contribution in [1.29, 1.82) is 0 Å². The van der Waals surface area contributed by atoms with Crippen LogP contribution >= 0.6 is 0 Å². The normalized spacial score (nSPS) is 18.9. The van der Waals surface area contributed by atoms with Crippen LogP contribution in [-0.4, -0.2) is 58.8 Å². The van der Waals surface area contributed by atoms with E-state index < -0.39 is 0 Å². The number of aliphatic imine (C=N–C) groups is 1. The first-order chi connectivity index (χ1) is 14.7. The monoisotopic (exact) mass is 409 g/mol. The summed E-state index contributed by atoms with van der Waals surface area (Å²) in [6, 6.07) is 6.76. The summed E-state index contributed by atoms with van der Waals surface area (Å²) in [5.74, 6) is 2.29. The highest BCUT2D eigenvalue weighted by Crippen LogP contribution is 2.31. The first kappa shape index (κ1) is 20.8. The number of imidazole rings is 1. The Labute approximate surface area is 178 Å². The molecule has 0 N–H and O–H groups in total. The molecule has 1 aromatic heterocycles. The van der Waals surface area contributed by atoms with E-state index in [1.165, 1.54) is 32.0 Å². The summed E-state index contributed by atoms with van der Waals surface area (Å²) in [5.41, 5.74) is 1.72. The minimum atomic E-state index is -0.218. The van der Waals surface area contributed by atoms with Gasteiger partial charge in [0.2, 0.25) is 0 Å². The van der Waals surface area contributed by atoms with Crippen LogP contribution in [0.5, 0.6) is 0 Å². The minimum absolute atomic E-state index is 0.218. The number of nitrogens with zero attached hydrogens (tertiary/aromatic N) is 5. The number of aromatic nitrogens is 2. The van der Waals surface area contributed by atoms with Crippen molar-refractivity contribution < 1.29 is 4.39 Å². The van der Waals surface area contributed by atoms with Crippen LogP contribution in [0.25, 0.3) is 11.3 Å². The molecule has 160 valence electrons. The van der Waals surface area contributed by atoms with Crippen LogP contribution in [0, 0.1) is 5.82 Å². The van der Waals surface area contributed by atoms with E-state index in [0.29, 0.717) is 5.92 Å². The molecular formula is C24H32FN5. The second-order valence-corrected chi connectivity index (χ2v) is 8.30. The minimum Gasteiger partial charge on any atom is -0.357 e. The van der Waals surface area contributed by atoms with Crippen LogP contribution in [0.15, 0.2) is 47.4 Å². The highest BCUT2D eigenvalue weighted by molar-refractivity contribution is 5.58. The Morgan fingerprint density at radius 1 is 1.20 bits per heavy atom. The molecule has 2 saturated heterocycles. The molecular weight excluding hydrogens is 377 g/mol. The quantitative estimate of drug-likeness (QED) is 0.631. The van der Waals surface area contributed by atoms with Crippen LogP contribution in [-0.2, 0) is 6.54 Å². The van der Waals surface area contributed by atoms with E-state index in [9.17, 15) is 4.39 Å². The Morgan fingerprint density at radius 2 is 1.97 bits per heavy atom. The van der Waals surface area contributed by atoms with Crippen molar-refractivity contribution in [2.24, 2.45) is 4.99 Å². The molecule has 2 fully saturated rings. The number of piperidine rings is 1. The highest BCUT2D eigenvalue weighted by Gasteiger charge is 2.26. The van der Waals surface area contributed by atoms with Crippen molar-refractivity contribution in [3.05, 3.63) is 54.0 Å². The molecule has 5 nitrogen and oxygen atoms in total. The summed E-state index contributed by atoms with van der Waals surface area (Å²) >= 11 is 0. The Bertz CT molecular complexity index is 889. The van der Waals surface area contributed by atoms with Crippen molar-refractivity contribution in [3.63, 3.8) is 0 Å². The lowest BCUT2D eigenvalue weighted by atomic mass is 9.96. The third kappa shape index (κ3) is 4.64. The van der Waals surface area contributed by atoms with E-state index in [1.807, 2.05) is 19.1 Å². The van der Waals surface area contributed by atoms with Gasteiger partial charge in [0.25, 0.3) is 0 Å². The summed E-state index contributed by atoms with van der Waals surface area (Å²) in [4.78, 5) is 14.0. The van der Waals surface area contributed by atoms with Crippen molar-refractivity contribution >= 4 is 6.72 Å². The van der Waals surface area contributed by atoms with Gasteiger partial charge in [-0.2, -0.15) is 0 Å². The van der Waals surface area contributed by atoms with Gasteiger partial charge in [0.1, 0.15) is 17.5 Å². The van der Waals surface area contributed by atoms with Gasteiger partial charge in [0, 0.05) is 43.9 Å². The SMILES string of the molecule is C=NC(=CC)N1CCC(c2nc(-c3cccc(F)c3)cn2CCN2CCCC2)CC1. The largest absolute Gasteiger partial charge is 0.357 e. The first-order valence-electron chi connectivity index (χ1n) is 11.1. The zero-order valence-electron chi connectivity index (χ0n) is 17.9. The van der Waals surface area contributed by atoms with E-state index >= 15 is 0 Å². The van der Waals surface area contributed by atoms with Gasteiger partial charge in [-0.25, -0.2) is 14.4 Å². The number of likely N-dealkylation sites (tertiary alicyclic amines) is 2. The van der Waals surface area contributed by atoms with Crippen molar-refractivity contribution in [3.8, 4) is 11.3 Å². The molecule has 2 aromatic rings. The Kier molecular flexibility index (Phi) is 6.62. The Hall–Kier alpha value is -2.47. The van der Waals surface area contributed by atoms with Crippen LogP contribution in [0.1, 0.15) is 44.3 Å². The summed E-state index contributed by atoms with van der Waals surface area (Å²) in [6.07, 6.45) is 8.82. The molecule has 6 heteroatoms. The fraction of sp³-hybridized carbons (Fsp3) is 0.500. The van der Waals surface area contributed by atoms with Crippen molar-refractivity contribution in [1.82, 2.24) is 19.4 Å². The zero-order chi connectivity index (χ0) is 20.9. The van der Waals surface area contributed by atoms with Gasteiger partial charge >= 0.3 is 0 Å². The van der Waals surface area contributed by atoms with Gasteiger partial charge in [0.15, 0.2) is 0 Å². The fourth-order valence-electron chi connectivity index (χ4n) is 4.72. The first-order valence-corrected chi connectivity index (χ1v) is 11.1. The molecule has 30 heavy (non-hydrogen) atoms. The van der Waals surface area contributed by atoms with Crippen LogP contribution in [0.3, 0.4) is 0 Å². The van der Waals surface area contributed by atoms with Crippen molar-refractivity contribution in [2.75, 3.05) is 32.7 Å². The second-order valence-electron chi connectivity index (χ2n) is 8.30. The molecule has 4 rings (SSSR count). The van der Waals surface area contributed by atoms with Gasteiger partial charge in [-0.1, -0.05) is 12.1 Å². The lowest BCUT2D eigenvalue weighted by Gasteiger charge is -2.33. The number of hydrogen-bond donors (Lipinski definition) is 0. The molecule has 2 aliphatic rings. The molecule has 0 bridgehead atoms. The molecule has 0 spiro atoms. The van der Waals surface area contributed by atoms with Gasteiger partial charge in [-0.3, -0.25) is 0 Å². The van der Waals surface area contributed by atoms with Crippen molar-refractivity contribution in [2.45, 2.75) is 45.1 Å². The molecule has 3 heterocycles. The molecule has 0 saturated carbocycles. The van der Waals surface area contributed by atoms with E-state index in [1.54, 1.807) is 12.1 Å². The smallest absolute Gasteiger partial charge is 0.123 e. The number of rotatable bonds is 7. The number of benzene rings is 1. The lowest BCUT2D eigenvalue weighted by molar-refractivity contribution is 0.252. The van der Waals surface area contributed by atoms with Gasteiger partial charge in [-0.05, 0) is 70.6 Å². The fourth-order valence-corrected chi connectivity index (χ4v) is 4.72. The molecule has 0 atom stereocenters. The highest BCUT2D eigenvalue weighted by atomic mass is 19.1. The summed E-state index contributed by atoms with van der Waals surface area (Å²) < 4.78 is 16.1. The summed E-state index contributed by atoms with van der Waals surface area (Å²) in [5, 5.41) is 0. The molecule has 0 unspecified atom stereocenters. The molecule has 0 radical (unpaired) electrons. The molecule has 0 amide bonds. The maximum Gasteiger partial charge on any atom is 0.123 e. The summed E-state index contributed by atoms with van der Waals surface area (Å²) in [6.45, 7) is 12.0. The molecule has 2 aliphatic heterocycles. The standard InChI is InChI=1S/C24H32FN5/c1-3-23(26-2)29-13-9-19(10-14-29)24-27-22(20-7-6-8-21(25)17-20)18-30(24)16-15-28-11-4-5-12-28/h3,6-8,17-19H,2,4-5,9-16H2,1H3. The van der Waals surface area contributed by atoms with E-state index in [2.05, 4.69) is 32.3 Å². The Morgan fingerprint density at radius 3 is 2.63 bits per heavy atom. The molecule has 1 aromatic carbocycles. The maximum absolute atomic E-state index is 13.8. The topological polar surface area (TPSA) is 36.7 Å². The van der Waals surface area contributed by atoms with Gasteiger partial charge in [-0.15, -0.1) is 0 Å². The number of hydrogen-bond acceptors (Lipinski definition) is 4. The zero-order valence-corrected chi connectivity index (χ0v) is 17.9. The molecule has 0 aliphatic carbocycles. The van der Waals surface area contributed by atoms with Gasteiger partial charge in [0.05, 0.1) is 5.69 Å². The van der Waals surface area contributed by atoms with Crippen LogP contribution < -0.4 is 0 Å². The van der Waals surface area contributed by atoms with Crippen LogP contribution in [0.2, 0.25) is 0 Å². The average Bonchev–Trinajstić information content (AvgIpc) is 3.44. The average molecular weight is 410 g/mol. The predicted octanol–water partition coefficient (Wildman–Crippen LogP) is 4.53. The second kappa shape index (κ2) is 9.56. The number of halogens is 1. The summed E-state index contributed by atoms with van der Waals surface area (Å²) in [7, 11) is 0. The van der Waals surface area contributed by atoms with E-state index in [4.69, 9.17) is 4.98 Å². The predicted molar refractivity (Wildman–Crippen MR) is 120 cm³/mol. The lowest BCUT2D eigenvalue weighted by Crippen LogP contribution is -2.33. The van der Waals surface area contributed by atoms with Crippen LogP contribution in [0.4, 0.5) is 4.39 Å². The van der Waals surface area contributed by atoms with E-state index in [-0.39, 0.29) is 5.82 Å². The number of allylic oxidation sites excluding steroid dienone is 1. The third-order valence-electron chi connectivity index (χ3n) is 6.39. The third-order valence-corrected chi connectivity index (χ3v) is 6.39. The Balaban J connectivity index is 1.54.